The molecule has 5 nitrogen and oxygen atoms in total. The van der Waals surface area contributed by atoms with Gasteiger partial charge in [0.1, 0.15) is 0 Å². The van der Waals surface area contributed by atoms with Gasteiger partial charge in [-0.3, -0.25) is 4.58 Å². The Morgan fingerprint density at radius 1 is 1.50 bits per heavy atom. The first-order chi connectivity index (χ1) is 7.48. The number of aliphatic carboxylic acids is 1. The van der Waals surface area contributed by atoms with Crippen LogP contribution in [0.4, 0.5) is 0 Å². The molecule has 0 aliphatic carbocycles. The maximum atomic E-state index is 11.2. The number of rotatable bonds is 9. The van der Waals surface area contributed by atoms with E-state index in [-0.39, 0.29) is 6.42 Å². The van der Waals surface area contributed by atoms with Gasteiger partial charge in [-0.25, -0.2) is 9.68 Å². The lowest BCUT2D eigenvalue weighted by Crippen LogP contribution is -2.44. The zero-order valence-corrected chi connectivity index (χ0v) is 12.2. The molecule has 0 aromatic rings. The summed E-state index contributed by atoms with van der Waals surface area (Å²) in [6.45, 7) is 3.59. The number of carboxylic acid groups (broad SMARTS) is 1. The van der Waals surface area contributed by atoms with Crippen LogP contribution in [0.15, 0.2) is 0 Å². The summed E-state index contributed by atoms with van der Waals surface area (Å²) in [7, 11) is 0.308. The van der Waals surface area contributed by atoms with Crippen molar-refractivity contribution in [2.75, 3.05) is 0 Å². The lowest BCUT2D eigenvalue weighted by atomic mass is 9.90. The van der Waals surface area contributed by atoms with Gasteiger partial charge in [0, 0.05) is 6.42 Å². The van der Waals surface area contributed by atoms with Crippen LogP contribution in [-0.2, 0) is 14.3 Å². The second-order valence-electron chi connectivity index (χ2n) is 4.06. The van der Waals surface area contributed by atoms with Gasteiger partial charge in [-0.15, -0.1) is 0 Å². The molecule has 96 valence electrons. The number of hydrogen-bond donors (Lipinski definition) is 2. The summed E-state index contributed by atoms with van der Waals surface area (Å²) in [5.41, 5.74) is -1.40. The molecule has 0 spiro atoms. The van der Waals surface area contributed by atoms with Crippen LogP contribution in [-0.4, -0.2) is 38.4 Å². The molecule has 0 saturated heterocycles. The summed E-state index contributed by atoms with van der Waals surface area (Å²) in [5, 5.41) is 18.5. The summed E-state index contributed by atoms with van der Waals surface area (Å²) in [5.74, 6) is -1.07. The van der Waals surface area contributed by atoms with E-state index in [0.717, 1.165) is 19.3 Å². The highest BCUT2D eigenvalue weighted by Gasteiger charge is 2.41. The molecule has 0 fully saturated rings. The van der Waals surface area contributed by atoms with Gasteiger partial charge in [-0.05, 0) is 19.8 Å². The molecule has 0 aromatic heterocycles. The highest BCUT2D eigenvalue weighted by atomic mass is 28.2. The van der Waals surface area contributed by atoms with Crippen molar-refractivity contribution in [3.63, 3.8) is 0 Å². The Labute approximate surface area is 99.2 Å². The zero-order valence-electron chi connectivity index (χ0n) is 10.2. The van der Waals surface area contributed by atoms with Crippen LogP contribution in [0, 0.1) is 0 Å². The van der Waals surface area contributed by atoms with Crippen molar-refractivity contribution in [3.05, 3.63) is 0 Å². The topological polar surface area (TPSA) is 76.0 Å². The van der Waals surface area contributed by atoms with E-state index in [2.05, 4.69) is 4.58 Å². The van der Waals surface area contributed by atoms with E-state index >= 15 is 0 Å². The Hall–Kier alpha value is -0.433. The second kappa shape index (κ2) is 7.78. The largest absolute Gasteiger partial charge is 0.479 e. The number of unbranched alkanes of at least 4 members (excludes halogenated alkanes) is 2. The van der Waals surface area contributed by atoms with Crippen molar-refractivity contribution in [1.82, 2.24) is 0 Å². The van der Waals surface area contributed by atoms with E-state index < -0.39 is 17.7 Å². The Kier molecular flexibility index (Phi) is 7.57. The fraction of sp³-hybridized carbons (Fsp3) is 0.900. The zero-order chi connectivity index (χ0) is 12.6. The van der Waals surface area contributed by atoms with Gasteiger partial charge in [0.25, 0.3) is 0 Å². The monoisotopic (exact) mass is 250 g/mol. The quantitative estimate of drug-likeness (QED) is 0.268. The van der Waals surface area contributed by atoms with Crippen LogP contribution >= 0.6 is 0 Å². The van der Waals surface area contributed by atoms with E-state index in [1.807, 2.05) is 6.92 Å². The Morgan fingerprint density at radius 3 is 2.50 bits per heavy atom. The Bertz CT molecular complexity index is 209. The van der Waals surface area contributed by atoms with E-state index in [9.17, 15) is 15.0 Å². The highest BCUT2D eigenvalue weighted by Crippen LogP contribution is 2.26. The minimum atomic E-state index is -1.40. The first-order valence-electron chi connectivity index (χ1n) is 5.61. The van der Waals surface area contributed by atoms with Crippen LogP contribution in [0.1, 0.15) is 46.0 Å². The molecule has 2 N–H and O–H groups in total. The van der Waals surface area contributed by atoms with Gasteiger partial charge in [0.05, 0.1) is 6.10 Å². The maximum Gasteiger partial charge on any atom is 0.339 e. The molecule has 0 aliphatic heterocycles. The van der Waals surface area contributed by atoms with Crippen LogP contribution < -0.4 is 0 Å². The third-order valence-corrected chi connectivity index (χ3v) is 2.61. The first kappa shape index (κ1) is 15.6. The molecule has 0 amide bonds. The standard InChI is InChI=1S/C10H22O5Si/c1-3-4-5-6-10(9(12)13,14-15-16)7-8(2)11/h8,11H,3-7H2,1-2,16H3,(H,12,13). The average molecular weight is 250 g/mol. The van der Waals surface area contributed by atoms with Gasteiger partial charge < -0.3 is 10.2 Å². The molecule has 6 heteroatoms. The summed E-state index contributed by atoms with van der Waals surface area (Å²) in [6.07, 6.45) is 2.39. The maximum absolute atomic E-state index is 11.2. The van der Waals surface area contributed by atoms with Crippen LogP contribution in [0.2, 0.25) is 0 Å². The molecule has 0 heterocycles. The van der Waals surface area contributed by atoms with Crippen molar-refractivity contribution >= 4 is 16.5 Å². The van der Waals surface area contributed by atoms with Crippen molar-refractivity contribution < 1.29 is 24.5 Å². The predicted octanol–water partition coefficient (Wildman–Crippen LogP) is 0.390. The number of carbonyl (C=O) groups is 1. The number of hydrogen-bond acceptors (Lipinski definition) is 4. The molecule has 2 unspecified atom stereocenters. The van der Waals surface area contributed by atoms with Crippen molar-refractivity contribution in [2.24, 2.45) is 0 Å². The van der Waals surface area contributed by atoms with E-state index in [1.54, 1.807) is 6.92 Å². The molecule has 0 rings (SSSR count). The molecule has 2 atom stereocenters. The highest BCUT2D eigenvalue weighted by molar-refractivity contribution is 5.97. The Balaban J connectivity index is 4.58. The summed E-state index contributed by atoms with van der Waals surface area (Å²) < 4.78 is 4.65. The molecular formula is C10H22O5Si. The fourth-order valence-electron chi connectivity index (χ4n) is 1.70. The number of aliphatic hydroxyl groups excluding tert-OH is 1. The van der Waals surface area contributed by atoms with Crippen LogP contribution in [0.3, 0.4) is 0 Å². The number of carboxylic acids is 1. The second-order valence-corrected chi connectivity index (χ2v) is 4.39. The minimum absolute atomic E-state index is 0.0499. The minimum Gasteiger partial charge on any atom is -0.479 e. The normalized spacial score (nSPS) is 16.9. The van der Waals surface area contributed by atoms with Gasteiger partial charge in [-0.1, -0.05) is 19.8 Å². The lowest BCUT2D eigenvalue weighted by molar-refractivity contribution is -0.295. The predicted molar refractivity (Wildman–Crippen MR) is 62.9 cm³/mol. The molecule has 0 saturated carbocycles. The third kappa shape index (κ3) is 5.07. The summed E-state index contributed by atoms with van der Waals surface area (Å²) in [6, 6.07) is 0. The molecule has 16 heavy (non-hydrogen) atoms. The van der Waals surface area contributed by atoms with Crippen molar-refractivity contribution in [1.29, 1.82) is 0 Å². The summed E-state index contributed by atoms with van der Waals surface area (Å²) in [4.78, 5) is 16.2. The van der Waals surface area contributed by atoms with Gasteiger partial charge in [-0.2, -0.15) is 0 Å². The Morgan fingerprint density at radius 2 is 2.12 bits per heavy atom. The SMILES string of the molecule is CCCCCC(CC(C)O)(OO[SiH3])C(=O)O. The van der Waals surface area contributed by atoms with Gasteiger partial charge in [0.15, 0.2) is 10.5 Å². The van der Waals surface area contributed by atoms with Gasteiger partial charge in [0.2, 0.25) is 5.60 Å². The van der Waals surface area contributed by atoms with Gasteiger partial charge >= 0.3 is 5.97 Å². The molecule has 0 aromatic carbocycles. The van der Waals surface area contributed by atoms with E-state index in [1.165, 1.54) is 0 Å². The lowest BCUT2D eigenvalue weighted by Gasteiger charge is -2.28. The number of aliphatic hydroxyl groups is 1. The molecule has 0 aliphatic rings. The fourth-order valence-corrected chi connectivity index (χ4v) is 2.02. The van der Waals surface area contributed by atoms with Crippen molar-refractivity contribution in [3.8, 4) is 0 Å². The van der Waals surface area contributed by atoms with Crippen LogP contribution in [0.5, 0.6) is 0 Å². The molecule has 0 radical (unpaired) electrons. The summed E-state index contributed by atoms with van der Waals surface area (Å²) >= 11 is 0. The van der Waals surface area contributed by atoms with Crippen LogP contribution in [0.25, 0.3) is 0 Å². The smallest absolute Gasteiger partial charge is 0.339 e. The van der Waals surface area contributed by atoms with E-state index in [0.29, 0.717) is 16.9 Å². The van der Waals surface area contributed by atoms with E-state index in [4.69, 9.17) is 4.89 Å². The molecule has 0 bridgehead atoms. The average Bonchev–Trinajstić information content (AvgIpc) is 2.17. The first-order valence-corrected chi connectivity index (χ1v) is 6.43. The van der Waals surface area contributed by atoms with Crippen molar-refractivity contribution in [2.45, 2.75) is 57.7 Å². The third-order valence-electron chi connectivity index (χ3n) is 2.44. The molecular weight excluding hydrogens is 228 g/mol.